The summed E-state index contributed by atoms with van der Waals surface area (Å²) in [5.74, 6) is 0. The molecule has 0 saturated heterocycles. The van der Waals surface area contributed by atoms with Gasteiger partial charge in [-0.15, -0.1) is 0 Å². The van der Waals surface area contributed by atoms with Crippen molar-refractivity contribution in [2.45, 2.75) is 41.0 Å². The molecule has 51 heavy (non-hydrogen) atoms. The van der Waals surface area contributed by atoms with E-state index in [1.807, 2.05) is 39.0 Å². The van der Waals surface area contributed by atoms with Crippen molar-refractivity contribution in [2.24, 2.45) is 4.99 Å². The molecule has 258 valence electrons. The van der Waals surface area contributed by atoms with Crippen LogP contribution < -0.4 is 0 Å². The van der Waals surface area contributed by atoms with Gasteiger partial charge < -0.3 is 4.99 Å². The van der Waals surface area contributed by atoms with Gasteiger partial charge in [-0.3, -0.25) is 0 Å². The zero-order valence-electron chi connectivity index (χ0n) is 31.4. The lowest BCUT2D eigenvalue weighted by atomic mass is 9.89. The summed E-state index contributed by atoms with van der Waals surface area (Å²) in [5.41, 5.74) is 11.6. The van der Waals surface area contributed by atoms with Crippen LogP contribution in [0.1, 0.15) is 55.5 Å². The number of allylic oxidation sites excluding steroid dienone is 7. The molecule has 0 amide bonds. The van der Waals surface area contributed by atoms with Gasteiger partial charge in [-0.25, -0.2) is 0 Å². The van der Waals surface area contributed by atoms with Gasteiger partial charge in [-0.05, 0) is 116 Å². The van der Waals surface area contributed by atoms with Crippen molar-refractivity contribution in [3.8, 4) is 11.1 Å². The molecule has 0 aromatic heterocycles. The van der Waals surface area contributed by atoms with Crippen LogP contribution >= 0.6 is 0 Å². The number of nitrogens with zero attached hydrogens (tertiary/aromatic N) is 1. The number of hydrogen-bond acceptors (Lipinski definition) is 1. The first-order valence-electron chi connectivity index (χ1n) is 17.7. The lowest BCUT2D eigenvalue weighted by Gasteiger charge is -2.15. The molecule has 1 heteroatoms. The van der Waals surface area contributed by atoms with Gasteiger partial charge in [0.1, 0.15) is 0 Å². The van der Waals surface area contributed by atoms with Gasteiger partial charge >= 0.3 is 0 Å². The molecular formula is C50H53N. The smallest absolute Gasteiger partial charge is 0.0269 e. The maximum absolute atomic E-state index is 4.39. The van der Waals surface area contributed by atoms with Crippen molar-refractivity contribution >= 4 is 45.0 Å². The molecule has 0 aliphatic rings. The Balaban J connectivity index is 0.000000295. The van der Waals surface area contributed by atoms with Crippen molar-refractivity contribution in [1.29, 1.82) is 0 Å². The van der Waals surface area contributed by atoms with Crippen LogP contribution in [0.2, 0.25) is 0 Å². The summed E-state index contributed by atoms with van der Waals surface area (Å²) in [6, 6.07) is 45.2. The third-order valence-electron chi connectivity index (χ3n) is 8.46. The molecule has 6 aromatic carbocycles. The number of aliphatic imine (C=N–C) groups is 1. The largest absolute Gasteiger partial charge is 0.304 e. The Labute approximate surface area is 307 Å². The summed E-state index contributed by atoms with van der Waals surface area (Å²) in [4.78, 5) is 3.25. The van der Waals surface area contributed by atoms with Crippen LogP contribution in [0.4, 0.5) is 0 Å². The normalized spacial score (nSPS) is 10.6. The maximum atomic E-state index is 4.39. The Bertz CT molecular complexity index is 2140. The third-order valence-corrected chi connectivity index (χ3v) is 8.46. The molecule has 0 bridgehead atoms. The average molecular weight is 668 g/mol. The number of fused-ring (bicyclic) bond motifs is 3. The molecule has 0 unspecified atom stereocenters. The van der Waals surface area contributed by atoms with Crippen molar-refractivity contribution in [3.05, 3.63) is 199 Å². The van der Waals surface area contributed by atoms with Crippen LogP contribution in [0.15, 0.2) is 176 Å². The van der Waals surface area contributed by atoms with E-state index in [-0.39, 0.29) is 0 Å². The molecule has 0 radical (unpaired) electrons. The topological polar surface area (TPSA) is 12.4 Å². The molecular weight excluding hydrogens is 615 g/mol. The second kappa shape index (κ2) is 20.7. The van der Waals surface area contributed by atoms with E-state index < -0.39 is 0 Å². The summed E-state index contributed by atoms with van der Waals surface area (Å²) < 4.78 is 0. The Kier molecular flexibility index (Phi) is 16.1. The van der Waals surface area contributed by atoms with Crippen LogP contribution in [-0.2, 0) is 6.42 Å². The monoisotopic (exact) mass is 667 g/mol. The molecule has 0 spiro atoms. The first-order valence-corrected chi connectivity index (χ1v) is 17.7. The molecule has 6 aromatic rings. The highest BCUT2D eigenvalue weighted by molar-refractivity contribution is 6.14. The molecule has 6 rings (SSSR count). The van der Waals surface area contributed by atoms with Crippen LogP contribution in [-0.4, -0.2) is 13.8 Å². The fourth-order valence-corrected chi connectivity index (χ4v) is 5.90. The van der Waals surface area contributed by atoms with Gasteiger partial charge in [-0.2, -0.15) is 0 Å². The average Bonchev–Trinajstić information content (AvgIpc) is 3.18. The summed E-state index contributed by atoms with van der Waals surface area (Å²) in [6.07, 6.45) is 9.08. The van der Waals surface area contributed by atoms with Crippen LogP contribution in [0.5, 0.6) is 0 Å². The standard InChI is InChI=1S/C31H24.C15H18.C2H5N.C2H6/c1-21-11-4-6-15-27(21)23(3)22(2)24-13-10-14-25(19-24)31-20-26-12-5-7-16-28(26)29-17-8-9-18-30(29)31;1-4-7-14(8-5-2)15-11-9-13(6-3)10-12-15;1-3-2;1-2/h4-20H,2-3H2,1H3;4-5,7-12H,1,6H2,2-3H3;1H2,2H3;1-2H3/b;8-5-,14-7+;;. The van der Waals surface area contributed by atoms with E-state index in [4.69, 9.17) is 0 Å². The van der Waals surface area contributed by atoms with Gasteiger partial charge in [0.05, 0.1) is 0 Å². The highest BCUT2D eigenvalue weighted by Crippen LogP contribution is 2.37. The summed E-state index contributed by atoms with van der Waals surface area (Å²) in [7, 11) is 1.64. The lowest BCUT2D eigenvalue weighted by molar-refractivity contribution is 1.14. The van der Waals surface area contributed by atoms with Crippen LogP contribution in [0.25, 0.3) is 49.4 Å². The fourth-order valence-electron chi connectivity index (χ4n) is 5.90. The number of aryl methyl sites for hydroxylation is 2. The van der Waals surface area contributed by atoms with E-state index in [0.717, 1.165) is 28.7 Å². The van der Waals surface area contributed by atoms with Gasteiger partial charge in [0.2, 0.25) is 0 Å². The van der Waals surface area contributed by atoms with E-state index in [2.05, 4.69) is 179 Å². The quantitative estimate of drug-likeness (QED) is 0.0870. The second-order valence-electron chi connectivity index (χ2n) is 11.8. The van der Waals surface area contributed by atoms with Gasteiger partial charge in [0.25, 0.3) is 0 Å². The minimum absolute atomic E-state index is 0.959. The highest BCUT2D eigenvalue weighted by atomic mass is 14.6. The lowest BCUT2D eigenvalue weighted by Crippen LogP contribution is -1.92. The van der Waals surface area contributed by atoms with E-state index >= 15 is 0 Å². The van der Waals surface area contributed by atoms with Crippen molar-refractivity contribution in [3.63, 3.8) is 0 Å². The molecule has 0 heterocycles. The van der Waals surface area contributed by atoms with E-state index in [1.54, 1.807) is 7.05 Å². The predicted octanol–water partition coefficient (Wildman–Crippen LogP) is 14.4. The first kappa shape index (κ1) is 39.6. The Hall–Kier alpha value is -5.79. The van der Waals surface area contributed by atoms with Crippen molar-refractivity contribution in [1.82, 2.24) is 0 Å². The number of benzene rings is 6. The molecule has 0 aliphatic carbocycles. The molecule has 0 N–H and O–H groups in total. The summed E-state index contributed by atoms with van der Waals surface area (Å²) >= 11 is 0. The number of rotatable bonds is 8. The Morgan fingerprint density at radius 3 is 1.92 bits per heavy atom. The van der Waals surface area contributed by atoms with E-state index in [0.29, 0.717) is 0 Å². The first-order chi connectivity index (χ1) is 24.9. The minimum Gasteiger partial charge on any atom is -0.304 e. The van der Waals surface area contributed by atoms with E-state index in [1.165, 1.54) is 54.9 Å². The SMILES string of the molecule is C=C(C(=C)c1ccccc1C)c1cccc(-c2cc3ccccc3c3ccccc23)c1.C=C/C=C(\C=C/C)c1ccc(CC)cc1.C=NC.CC. The van der Waals surface area contributed by atoms with Gasteiger partial charge in [-0.1, -0.05) is 180 Å². The Morgan fingerprint density at radius 1 is 0.686 bits per heavy atom. The second-order valence-corrected chi connectivity index (χ2v) is 11.8. The predicted molar refractivity (Wildman–Crippen MR) is 232 cm³/mol. The van der Waals surface area contributed by atoms with Crippen molar-refractivity contribution in [2.75, 3.05) is 7.05 Å². The minimum atomic E-state index is 0.959. The number of hydrogen-bond donors (Lipinski definition) is 0. The zero-order chi connectivity index (χ0) is 37.2. The van der Waals surface area contributed by atoms with Crippen LogP contribution in [0.3, 0.4) is 0 Å². The zero-order valence-corrected chi connectivity index (χ0v) is 31.4. The highest BCUT2D eigenvalue weighted by Gasteiger charge is 2.12. The van der Waals surface area contributed by atoms with Crippen LogP contribution in [0, 0.1) is 6.92 Å². The van der Waals surface area contributed by atoms with Gasteiger partial charge in [0.15, 0.2) is 0 Å². The van der Waals surface area contributed by atoms with E-state index in [9.17, 15) is 0 Å². The Morgan fingerprint density at radius 2 is 1.29 bits per heavy atom. The van der Waals surface area contributed by atoms with Crippen molar-refractivity contribution < 1.29 is 0 Å². The summed E-state index contributed by atoms with van der Waals surface area (Å²) in [5, 5.41) is 5.09. The fraction of sp³-hybridized carbons (Fsp3) is 0.140. The molecule has 1 nitrogen and oxygen atoms in total. The molecule has 0 aliphatic heterocycles. The maximum Gasteiger partial charge on any atom is 0.0269 e. The molecule has 0 fully saturated rings. The summed E-state index contributed by atoms with van der Waals surface area (Å²) in [6.45, 7) is 25.9. The molecule has 0 saturated carbocycles. The van der Waals surface area contributed by atoms with Gasteiger partial charge in [0, 0.05) is 7.05 Å². The molecule has 0 atom stereocenters. The third kappa shape index (κ3) is 10.4.